The van der Waals surface area contributed by atoms with Crippen LogP contribution in [-0.4, -0.2) is 89.2 Å². The van der Waals surface area contributed by atoms with Gasteiger partial charge in [0.25, 0.3) is 0 Å². The first-order valence-corrected chi connectivity index (χ1v) is 18.9. The summed E-state index contributed by atoms with van der Waals surface area (Å²) in [5.74, 6) is 1.13. The van der Waals surface area contributed by atoms with Gasteiger partial charge in [-0.1, -0.05) is 53.7 Å². The number of aromatic nitrogens is 4. The minimum absolute atomic E-state index is 0.0529. The summed E-state index contributed by atoms with van der Waals surface area (Å²) in [6.07, 6.45) is 3.47. The number of anilines is 6. The summed E-state index contributed by atoms with van der Waals surface area (Å²) in [6.45, 7) is 10.1. The fourth-order valence-electron chi connectivity index (χ4n) is 6.39. The topological polar surface area (TPSA) is 150 Å². The Kier molecular flexibility index (Phi) is 12.7. The first-order chi connectivity index (χ1) is 27.9. The monoisotopic (exact) mass is 763 g/mol. The highest BCUT2D eigenvalue weighted by atomic mass is 16.5. The number of morpholine rings is 2. The lowest BCUT2D eigenvalue weighted by Gasteiger charge is -2.28. The molecule has 0 amide bonds. The molecule has 6 aromatic rings. The highest BCUT2D eigenvalue weighted by Crippen LogP contribution is 2.25. The molecule has 0 bridgehead atoms. The third kappa shape index (κ3) is 10.3. The van der Waals surface area contributed by atoms with E-state index in [1.807, 2.05) is 84.9 Å². The molecule has 13 heteroatoms. The maximum atomic E-state index is 11.4. The van der Waals surface area contributed by atoms with Crippen LogP contribution in [0.5, 0.6) is 0 Å². The number of nitrogens with one attached hydrogen (secondary N) is 2. The van der Waals surface area contributed by atoms with Crippen LogP contribution in [-0.2, 0) is 9.47 Å². The Morgan fingerprint density at radius 2 is 0.982 bits per heavy atom. The molecule has 2 aromatic heterocycles. The Balaban J connectivity index is 0.000000174. The van der Waals surface area contributed by atoms with Crippen molar-refractivity contribution in [3.8, 4) is 22.5 Å². The molecule has 4 heterocycles. The highest BCUT2D eigenvalue weighted by Gasteiger charge is 2.13. The molecule has 2 fully saturated rings. The third-order valence-corrected chi connectivity index (χ3v) is 9.65. The molecule has 3 N–H and O–H groups in total. The number of ketones is 1. The van der Waals surface area contributed by atoms with Gasteiger partial charge in [0.1, 0.15) is 0 Å². The average molecular weight is 764 g/mol. The van der Waals surface area contributed by atoms with Gasteiger partial charge in [0.05, 0.1) is 43.5 Å². The van der Waals surface area contributed by atoms with Crippen LogP contribution in [0.1, 0.15) is 29.8 Å². The van der Waals surface area contributed by atoms with Gasteiger partial charge in [0, 0.05) is 78.0 Å². The van der Waals surface area contributed by atoms with E-state index in [2.05, 4.69) is 69.8 Å². The Morgan fingerprint density at radius 1 is 0.579 bits per heavy atom. The Hall–Kier alpha value is -6.70. The van der Waals surface area contributed by atoms with Crippen LogP contribution < -0.4 is 20.4 Å². The van der Waals surface area contributed by atoms with Gasteiger partial charge < -0.3 is 35.1 Å². The molecule has 0 aliphatic carbocycles. The minimum atomic E-state index is 0.0529. The van der Waals surface area contributed by atoms with E-state index in [4.69, 9.17) is 14.7 Å². The van der Waals surface area contributed by atoms with Crippen molar-refractivity contribution >= 4 is 46.1 Å². The molecule has 8 rings (SSSR count). The number of Topliss-reactive ketones (excluding diaryl/α,β-unsaturated/α-hetero) is 1. The lowest BCUT2D eigenvalue weighted by Crippen LogP contribution is -2.36. The van der Waals surface area contributed by atoms with Crippen molar-refractivity contribution in [1.29, 1.82) is 0 Å². The second-order valence-corrected chi connectivity index (χ2v) is 13.5. The van der Waals surface area contributed by atoms with Crippen molar-refractivity contribution in [2.45, 2.75) is 13.8 Å². The summed E-state index contributed by atoms with van der Waals surface area (Å²) in [6, 6.07) is 35.4. The van der Waals surface area contributed by atoms with E-state index < -0.39 is 0 Å². The summed E-state index contributed by atoms with van der Waals surface area (Å²) in [5.41, 5.74) is 9.90. The quantitative estimate of drug-likeness (QED) is 0.0540. The van der Waals surface area contributed by atoms with Crippen LogP contribution in [0.25, 0.3) is 22.5 Å². The first-order valence-electron chi connectivity index (χ1n) is 18.9. The van der Waals surface area contributed by atoms with Crippen molar-refractivity contribution < 1.29 is 19.5 Å². The zero-order chi connectivity index (χ0) is 39.4. The largest absolute Gasteiger partial charge is 0.411 e. The molecule has 57 heavy (non-hydrogen) atoms. The maximum Gasteiger partial charge on any atom is 0.227 e. The summed E-state index contributed by atoms with van der Waals surface area (Å²) >= 11 is 0. The SMILES string of the molecule is C/C(=N\O)c1ccc(-c2ccnc(Nc3ccc(N4CCOCC4)cc3)n2)cc1.CC(=O)c1ccc(-c2ccnc(Nc3ccc(N4CCOCC4)cc3)n2)cc1. The molecule has 2 aliphatic rings. The van der Waals surface area contributed by atoms with Gasteiger partial charge in [-0.3, -0.25) is 4.79 Å². The van der Waals surface area contributed by atoms with Gasteiger partial charge >= 0.3 is 0 Å². The molecule has 290 valence electrons. The van der Waals surface area contributed by atoms with Crippen molar-refractivity contribution in [2.24, 2.45) is 5.16 Å². The number of oxime groups is 1. The molecular weight excluding hydrogens is 719 g/mol. The van der Waals surface area contributed by atoms with E-state index in [1.165, 1.54) is 11.4 Å². The molecule has 4 aromatic carbocycles. The van der Waals surface area contributed by atoms with Crippen LogP contribution in [0.4, 0.5) is 34.6 Å². The number of nitrogens with zero attached hydrogens (tertiary/aromatic N) is 7. The summed E-state index contributed by atoms with van der Waals surface area (Å²) < 4.78 is 10.8. The smallest absolute Gasteiger partial charge is 0.227 e. The number of carbonyl (C=O) groups excluding carboxylic acids is 1. The number of carbonyl (C=O) groups is 1. The number of hydrogen-bond donors (Lipinski definition) is 3. The predicted octanol–water partition coefficient (Wildman–Crippen LogP) is 7.85. The third-order valence-electron chi connectivity index (χ3n) is 9.65. The van der Waals surface area contributed by atoms with Crippen LogP contribution in [0.3, 0.4) is 0 Å². The van der Waals surface area contributed by atoms with E-state index in [9.17, 15) is 4.79 Å². The predicted molar refractivity (Wildman–Crippen MR) is 224 cm³/mol. The fourth-order valence-corrected chi connectivity index (χ4v) is 6.39. The van der Waals surface area contributed by atoms with Crippen LogP contribution in [0.2, 0.25) is 0 Å². The minimum Gasteiger partial charge on any atom is -0.411 e. The molecule has 13 nitrogen and oxygen atoms in total. The maximum absolute atomic E-state index is 11.4. The molecular formula is C44H45N9O4. The normalized spacial score (nSPS) is 14.3. The zero-order valence-corrected chi connectivity index (χ0v) is 32.0. The summed E-state index contributed by atoms with van der Waals surface area (Å²) in [4.78, 5) is 33.9. The number of ether oxygens (including phenoxy) is 2. The van der Waals surface area contributed by atoms with Gasteiger partial charge in [0.15, 0.2) is 5.78 Å². The molecule has 0 radical (unpaired) electrons. The molecule has 2 saturated heterocycles. The van der Waals surface area contributed by atoms with E-state index in [1.54, 1.807) is 26.2 Å². The van der Waals surface area contributed by atoms with E-state index in [-0.39, 0.29) is 5.78 Å². The molecule has 0 spiro atoms. The lowest BCUT2D eigenvalue weighted by atomic mass is 10.1. The van der Waals surface area contributed by atoms with Crippen molar-refractivity contribution in [1.82, 2.24) is 19.9 Å². The van der Waals surface area contributed by atoms with Gasteiger partial charge in [-0.25, -0.2) is 19.9 Å². The zero-order valence-electron chi connectivity index (χ0n) is 32.0. The van der Waals surface area contributed by atoms with Crippen molar-refractivity contribution in [3.63, 3.8) is 0 Å². The second kappa shape index (κ2) is 18.8. The van der Waals surface area contributed by atoms with Crippen molar-refractivity contribution in [2.75, 3.05) is 73.0 Å². The first kappa shape index (κ1) is 38.6. The van der Waals surface area contributed by atoms with Gasteiger partial charge in [-0.15, -0.1) is 0 Å². The number of hydrogen-bond acceptors (Lipinski definition) is 13. The summed E-state index contributed by atoms with van der Waals surface area (Å²) in [5, 5.41) is 18.6. The standard InChI is InChI=1S/C22H23N5O2.C22H22N4O2/c1-16(26-28)17-2-4-18(5-3-17)21-10-11-23-22(25-21)24-19-6-8-20(9-7-19)27-12-14-29-15-13-27;1-16(27)17-2-4-18(5-3-17)21-10-11-23-22(25-21)24-19-6-8-20(9-7-19)26-12-14-28-15-13-26/h2-11,28H,12-15H2,1H3,(H,23,24,25);2-11H,12-15H2,1H3,(H,23,24,25)/b26-16+;. The van der Waals surface area contributed by atoms with Crippen molar-refractivity contribution in [3.05, 3.63) is 133 Å². The number of benzene rings is 4. The Labute approximate surface area is 332 Å². The number of rotatable bonds is 10. The second-order valence-electron chi connectivity index (χ2n) is 13.5. The molecule has 0 unspecified atom stereocenters. The van der Waals surface area contributed by atoms with E-state index in [0.29, 0.717) is 23.2 Å². The molecule has 0 saturated carbocycles. The van der Waals surface area contributed by atoms with Gasteiger partial charge in [-0.2, -0.15) is 0 Å². The van der Waals surface area contributed by atoms with Crippen LogP contribution >= 0.6 is 0 Å². The highest BCUT2D eigenvalue weighted by molar-refractivity contribution is 5.98. The van der Waals surface area contributed by atoms with Crippen LogP contribution in [0, 0.1) is 0 Å². The van der Waals surface area contributed by atoms with Gasteiger partial charge in [0.2, 0.25) is 11.9 Å². The Bertz CT molecular complexity index is 2250. The fraction of sp³-hybridized carbons (Fsp3) is 0.227. The lowest BCUT2D eigenvalue weighted by molar-refractivity contribution is 0.101. The average Bonchev–Trinajstić information content (AvgIpc) is 3.28. The van der Waals surface area contributed by atoms with E-state index in [0.717, 1.165) is 92.1 Å². The van der Waals surface area contributed by atoms with Gasteiger partial charge in [-0.05, 0) is 80.1 Å². The molecule has 2 aliphatic heterocycles. The van der Waals surface area contributed by atoms with E-state index >= 15 is 0 Å². The summed E-state index contributed by atoms with van der Waals surface area (Å²) in [7, 11) is 0. The Morgan fingerprint density at radius 3 is 1.37 bits per heavy atom. The van der Waals surface area contributed by atoms with Crippen LogP contribution in [0.15, 0.2) is 127 Å². The molecule has 0 atom stereocenters.